The Balaban J connectivity index is 1.55. The SMILES string of the molecule is CN(C)C(=O)Sc1cccc(NC(=O)CCOc2ccccc2-c2ccccc2)c1. The molecule has 0 radical (unpaired) electrons. The molecule has 3 aromatic carbocycles. The molecule has 0 aromatic heterocycles. The van der Waals surface area contributed by atoms with E-state index in [2.05, 4.69) is 5.32 Å². The van der Waals surface area contributed by atoms with Crippen LogP contribution in [0.4, 0.5) is 10.5 Å². The number of rotatable bonds is 7. The Morgan fingerprint density at radius 3 is 2.43 bits per heavy atom. The molecule has 6 heteroatoms. The smallest absolute Gasteiger partial charge is 0.285 e. The van der Waals surface area contributed by atoms with Crippen LogP contribution in [0.15, 0.2) is 83.8 Å². The molecule has 0 saturated heterocycles. The van der Waals surface area contributed by atoms with Crippen molar-refractivity contribution in [3.63, 3.8) is 0 Å². The number of carbonyl (C=O) groups excluding carboxylic acids is 2. The third kappa shape index (κ3) is 6.12. The lowest BCUT2D eigenvalue weighted by atomic mass is 10.1. The predicted octanol–water partition coefficient (Wildman–Crippen LogP) is 5.53. The highest BCUT2D eigenvalue weighted by molar-refractivity contribution is 8.13. The number of nitrogens with zero attached hydrogens (tertiary/aromatic N) is 1. The monoisotopic (exact) mass is 420 g/mol. The summed E-state index contributed by atoms with van der Waals surface area (Å²) in [6, 6.07) is 25.0. The number of amides is 2. The van der Waals surface area contributed by atoms with E-state index in [4.69, 9.17) is 4.74 Å². The highest BCUT2D eigenvalue weighted by atomic mass is 32.2. The van der Waals surface area contributed by atoms with E-state index in [1.165, 1.54) is 4.90 Å². The summed E-state index contributed by atoms with van der Waals surface area (Å²) < 4.78 is 5.89. The minimum Gasteiger partial charge on any atom is -0.492 e. The van der Waals surface area contributed by atoms with Crippen LogP contribution >= 0.6 is 11.8 Å². The average molecular weight is 421 g/mol. The maximum atomic E-state index is 12.3. The number of nitrogens with one attached hydrogen (secondary N) is 1. The van der Waals surface area contributed by atoms with Gasteiger partial charge in [0.1, 0.15) is 5.75 Å². The van der Waals surface area contributed by atoms with Crippen molar-refractivity contribution in [2.24, 2.45) is 0 Å². The number of hydrogen-bond acceptors (Lipinski definition) is 4. The minimum absolute atomic E-state index is 0.0658. The number of anilines is 1. The Kier molecular flexibility index (Phi) is 7.51. The second kappa shape index (κ2) is 10.5. The summed E-state index contributed by atoms with van der Waals surface area (Å²) in [6.07, 6.45) is 0.219. The highest BCUT2D eigenvalue weighted by Gasteiger charge is 2.10. The third-order valence-corrected chi connectivity index (χ3v) is 5.28. The van der Waals surface area contributed by atoms with Gasteiger partial charge in [-0.1, -0.05) is 54.6 Å². The first-order chi connectivity index (χ1) is 14.5. The summed E-state index contributed by atoms with van der Waals surface area (Å²) in [5.41, 5.74) is 2.72. The van der Waals surface area contributed by atoms with Crippen LogP contribution in [0.2, 0.25) is 0 Å². The number of benzene rings is 3. The van der Waals surface area contributed by atoms with E-state index in [0.717, 1.165) is 33.5 Å². The summed E-state index contributed by atoms with van der Waals surface area (Å²) >= 11 is 1.12. The molecule has 3 rings (SSSR count). The van der Waals surface area contributed by atoms with Crippen LogP contribution in [-0.4, -0.2) is 36.7 Å². The van der Waals surface area contributed by atoms with Gasteiger partial charge in [0.2, 0.25) is 5.91 Å². The van der Waals surface area contributed by atoms with Gasteiger partial charge in [-0.2, -0.15) is 0 Å². The minimum atomic E-state index is -0.145. The molecule has 0 spiro atoms. The van der Waals surface area contributed by atoms with Crippen molar-refractivity contribution in [2.75, 3.05) is 26.0 Å². The van der Waals surface area contributed by atoms with E-state index in [-0.39, 0.29) is 24.2 Å². The fraction of sp³-hybridized carbons (Fsp3) is 0.167. The zero-order valence-electron chi connectivity index (χ0n) is 17.0. The zero-order valence-corrected chi connectivity index (χ0v) is 17.8. The van der Waals surface area contributed by atoms with Gasteiger partial charge in [-0.15, -0.1) is 0 Å². The van der Waals surface area contributed by atoms with Crippen LogP contribution in [-0.2, 0) is 4.79 Å². The molecule has 154 valence electrons. The topological polar surface area (TPSA) is 58.6 Å². The first-order valence-corrected chi connectivity index (χ1v) is 10.4. The van der Waals surface area contributed by atoms with Crippen LogP contribution in [0, 0.1) is 0 Å². The van der Waals surface area contributed by atoms with Gasteiger partial charge in [0.05, 0.1) is 13.0 Å². The summed E-state index contributed by atoms with van der Waals surface area (Å²) in [6.45, 7) is 0.267. The van der Waals surface area contributed by atoms with Crippen molar-refractivity contribution < 1.29 is 14.3 Å². The first-order valence-electron chi connectivity index (χ1n) is 9.59. The molecule has 30 heavy (non-hydrogen) atoms. The Labute approximate surface area is 181 Å². The molecule has 0 heterocycles. The standard InChI is InChI=1S/C24H24N2O3S/c1-26(2)24(28)30-20-12-8-11-19(17-20)25-23(27)15-16-29-22-14-7-6-13-21(22)18-9-4-3-5-10-18/h3-14,17H,15-16H2,1-2H3,(H,25,27). The maximum absolute atomic E-state index is 12.3. The lowest BCUT2D eigenvalue weighted by Gasteiger charge is -2.12. The van der Waals surface area contributed by atoms with Crippen molar-refractivity contribution in [1.82, 2.24) is 4.90 Å². The number of ether oxygens (including phenoxy) is 1. The number of carbonyl (C=O) groups is 2. The lowest BCUT2D eigenvalue weighted by Crippen LogP contribution is -2.16. The van der Waals surface area contributed by atoms with E-state index in [1.807, 2.05) is 66.7 Å². The fourth-order valence-corrected chi connectivity index (χ4v) is 3.47. The number of hydrogen-bond donors (Lipinski definition) is 1. The molecule has 0 fully saturated rings. The first kappa shape index (κ1) is 21.5. The molecule has 3 aromatic rings. The molecule has 0 unspecified atom stereocenters. The molecular weight excluding hydrogens is 396 g/mol. The summed E-state index contributed by atoms with van der Waals surface area (Å²) in [5, 5.41) is 2.79. The lowest BCUT2D eigenvalue weighted by molar-refractivity contribution is -0.116. The van der Waals surface area contributed by atoms with Gasteiger partial charge >= 0.3 is 0 Å². The Morgan fingerprint density at radius 1 is 0.933 bits per heavy atom. The number of thioether (sulfide) groups is 1. The van der Waals surface area contributed by atoms with E-state index in [9.17, 15) is 9.59 Å². The van der Waals surface area contributed by atoms with E-state index >= 15 is 0 Å². The largest absolute Gasteiger partial charge is 0.492 e. The van der Waals surface area contributed by atoms with Crippen LogP contribution < -0.4 is 10.1 Å². The van der Waals surface area contributed by atoms with E-state index < -0.39 is 0 Å². The normalized spacial score (nSPS) is 10.3. The van der Waals surface area contributed by atoms with Crippen molar-refractivity contribution in [3.8, 4) is 16.9 Å². The quantitative estimate of drug-likeness (QED) is 0.510. The van der Waals surface area contributed by atoms with Gasteiger partial charge < -0.3 is 15.0 Å². The van der Waals surface area contributed by atoms with Gasteiger partial charge in [-0.25, -0.2) is 0 Å². The third-order valence-electron chi connectivity index (χ3n) is 4.25. The Hall–Kier alpha value is -3.25. The molecule has 0 saturated carbocycles. The highest BCUT2D eigenvalue weighted by Crippen LogP contribution is 2.29. The van der Waals surface area contributed by atoms with Crippen molar-refractivity contribution >= 4 is 28.6 Å². The molecule has 0 aliphatic heterocycles. The van der Waals surface area contributed by atoms with Gasteiger partial charge in [-0.05, 0) is 41.6 Å². The average Bonchev–Trinajstić information content (AvgIpc) is 2.75. The van der Waals surface area contributed by atoms with Crippen molar-refractivity contribution in [1.29, 1.82) is 0 Å². The molecule has 1 N–H and O–H groups in total. The van der Waals surface area contributed by atoms with Gasteiger partial charge in [0.15, 0.2) is 0 Å². The summed E-state index contributed by atoms with van der Waals surface area (Å²) in [4.78, 5) is 26.5. The van der Waals surface area contributed by atoms with Crippen LogP contribution in [0.25, 0.3) is 11.1 Å². The van der Waals surface area contributed by atoms with E-state index in [1.54, 1.807) is 26.2 Å². The second-order valence-corrected chi connectivity index (χ2v) is 7.82. The van der Waals surface area contributed by atoms with Crippen LogP contribution in [0.1, 0.15) is 6.42 Å². The molecule has 0 bridgehead atoms. The summed E-state index contributed by atoms with van der Waals surface area (Å²) in [5.74, 6) is 0.602. The zero-order chi connectivity index (χ0) is 21.3. The number of para-hydroxylation sites is 1. The predicted molar refractivity (Wildman–Crippen MR) is 122 cm³/mol. The molecule has 0 atom stereocenters. The Morgan fingerprint density at radius 2 is 1.67 bits per heavy atom. The molecule has 0 aliphatic rings. The van der Waals surface area contributed by atoms with Gasteiger partial charge in [0.25, 0.3) is 5.24 Å². The second-order valence-electron chi connectivity index (χ2n) is 6.80. The Bertz CT molecular complexity index is 1010. The van der Waals surface area contributed by atoms with Gasteiger partial charge in [0, 0.05) is 30.2 Å². The molecule has 5 nitrogen and oxygen atoms in total. The van der Waals surface area contributed by atoms with Crippen LogP contribution in [0.5, 0.6) is 5.75 Å². The van der Waals surface area contributed by atoms with Gasteiger partial charge in [-0.3, -0.25) is 9.59 Å². The molecule has 2 amide bonds. The van der Waals surface area contributed by atoms with Crippen molar-refractivity contribution in [3.05, 3.63) is 78.9 Å². The van der Waals surface area contributed by atoms with Crippen molar-refractivity contribution in [2.45, 2.75) is 11.3 Å². The molecule has 0 aliphatic carbocycles. The van der Waals surface area contributed by atoms with Crippen LogP contribution in [0.3, 0.4) is 0 Å². The maximum Gasteiger partial charge on any atom is 0.285 e. The fourth-order valence-electron chi connectivity index (χ4n) is 2.76. The van der Waals surface area contributed by atoms with E-state index in [0.29, 0.717) is 5.69 Å². The molecular formula is C24H24N2O3S. The summed E-state index contributed by atoms with van der Waals surface area (Å²) in [7, 11) is 3.41.